The molecular weight excluding hydrogens is 398 g/mol. The van der Waals surface area contributed by atoms with E-state index in [1.807, 2.05) is 26.5 Å². The number of nitrogens with zero attached hydrogens (tertiary/aromatic N) is 4. The van der Waals surface area contributed by atoms with Crippen molar-refractivity contribution in [1.29, 1.82) is 0 Å². The van der Waals surface area contributed by atoms with Gasteiger partial charge in [0.25, 0.3) is 0 Å². The van der Waals surface area contributed by atoms with Crippen molar-refractivity contribution in [2.75, 3.05) is 45.8 Å². The van der Waals surface area contributed by atoms with Crippen molar-refractivity contribution >= 4 is 23.3 Å². The third kappa shape index (κ3) is 5.94. The molecule has 1 aromatic rings. The van der Waals surface area contributed by atoms with Crippen LogP contribution in [-0.4, -0.2) is 63.9 Å². The van der Waals surface area contributed by atoms with E-state index in [9.17, 15) is 0 Å². The normalized spacial score (nSPS) is 19.1. The number of ether oxygens (including phenoxy) is 1. The maximum atomic E-state index is 5.67. The van der Waals surface area contributed by atoms with Gasteiger partial charge in [0.1, 0.15) is 5.82 Å². The Kier molecular flexibility index (Phi) is 9.85. The molecule has 0 radical (unpaired) electrons. The summed E-state index contributed by atoms with van der Waals surface area (Å²) < 4.78 is 5.67. The molecule has 0 aliphatic carbocycles. The number of hydrogen-bond donors (Lipinski definition) is 1. The van der Waals surface area contributed by atoms with E-state index < -0.39 is 0 Å². The van der Waals surface area contributed by atoms with E-state index in [2.05, 4.69) is 68.0 Å². The first-order chi connectivity index (χ1) is 15.4. The zero-order valence-corrected chi connectivity index (χ0v) is 21.0. The van der Waals surface area contributed by atoms with Crippen molar-refractivity contribution < 1.29 is 4.74 Å². The van der Waals surface area contributed by atoms with Gasteiger partial charge in [-0.25, -0.2) is 4.98 Å². The molecule has 1 atom stereocenters. The fourth-order valence-corrected chi connectivity index (χ4v) is 3.86. The molecule has 0 amide bonds. The number of pyridine rings is 1. The summed E-state index contributed by atoms with van der Waals surface area (Å²) in [6, 6.07) is 2.46. The SMILES string of the molecule is CC/C(C)=C(\C=C/NC)C(=NC)c1nc(N2CCOC[C@H]2C)cc(/C(C)=C/C=NC)c1C. The number of allylic oxidation sites excluding steroid dienone is 5. The highest BCUT2D eigenvalue weighted by Gasteiger charge is 2.24. The molecule has 0 saturated carbocycles. The molecule has 1 fully saturated rings. The minimum Gasteiger partial charge on any atom is -0.394 e. The van der Waals surface area contributed by atoms with Gasteiger partial charge in [-0.3, -0.25) is 9.98 Å². The zero-order valence-electron chi connectivity index (χ0n) is 21.0. The summed E-state index contributed by atoms with van der Waals surface area (Å²) in [6.07, 6.45) is 8.88. The standard InChI is InChI=1S/C26H39N5O/c1-9-18(2)22(11-13-28-7)26(29-8)25-21(5)23(19(3)10-12-27-6)16-24(30-25)31-14-15-32-17-20(31)4/h10-13,16,20,28H,9,14-15,17H2,1-8H3/b13-11-,19-10+,22-18+,27-12?,29-26?/t20-/m1/s1. The summed E-state index contributed by atoms with van der Waals surface area (Å²) in [6.45, 7) is 13.0. The summed E-state index contributed by atoms with van der Waals surface area (Å²) in [5.41, 5.74) is 7.64. The average molecular weight is 438 g/mol. The molecule has 0 aromatic carbocycles. The Bertz CT molecular complexity index is 940. The predicted molar refractivity (Wildman–Crippen MR) is 138 cm³/mol. The van der Waals surface area contributed by atoms with Crippen molar-refractivity contribution in [2.24, 2.45) is 9.98 Å². The number of aromatic nitrogens is 1. The van der Waals surface area contributed by atoms with Crippen molar-refractivity contribution in [3.8, 4) is 0 Å². The van der Waals surface area contributed by atoms with Crippen LogP contribution in [-0.2, 0) is 4.74 Å². The van der Waals surface area contributed by atoms with Gasteiger partial charge < -0.3 is 15.0 Å². The molecule has 0 unspecified atom stereocenters. The van der Waals surface area contributed by atoms with Crippen LogP contribution in [0, 0.1) is 6.92 Å². The molecule has 1 N–H and O–H groups in total. The average Bonchev–Trinajstić information content (AvgIpc) is 2.80. The van der Waals surface area contributed by atoms with Crippen LogP contribution in [0.1, 0.15) is 50.9 Å². The van der Waals surface area contributed by atoms with Crippen LogP contribution in [0.25, 0.3) is 5.57 Å². The van der Waals surface area contributed by atoms with E-state index >= 15 is 0 Å². The molecule has 0 spiro atoms. The lowest BCUT2D eigenvalue weighted by Crippen LogP contribution is -2.44. The summed E-state index contributed by atoms with van der Waals surface area (Å²) in [4.78, 5) is 16.4. The number of anilines is 1. The van der Waals surface area contributed by atoms with Gasteiger partial charge >= 0.3 is 0 Å². The van der Waals surface area contributed by atoms with Gasteiger partial charge in [0.15, 0.2) is 0 Å². The van der Waals surface area contributed by atoms with E-state index in [1.54, 1.807) is 7.05 Å². The maximum Gasteiger partial charge on any atom is 0.130 e. The first-order valence-electron chi connectivity index (χ1n) is 11.4. The Morgan fingerprint density at radius 2 is 2.09 bits per heavy atom. The predicted octanol–water partition coefficient (Wildman–Crippen LogP) is 4.60. The molecule has 2 rings (SSSR count). The Balaban J connectivity index is 2.79. The van der Waals surface area contributed by atoms with Crippen LogP contribution in [0.5, 0.6) is 0 Å². The van der Waals surface area contributed by atoms with Crippen molar-refractivity contribution in [1.82, 2.24) is 10.3 Å². The highest BCUT2D eigenvalue weighted by molar-refractivity contribution is 6.15. The number of aliphatic imine (C=N–C) groups is 2. The van der Waals surface area contributed by atoms with Crippen LogP contribution in [0.4, 0.5) is 5.82 Å². The van der Waals surface area contributed by atoms with Gasteiger partial charge in [-0.1, -0.05) is 12.5 Å². The van der Waals surface area contributed by atoms with Crippen LogP contribution in [0.15, 0.2) is 45.5 Å². The molecule has 2 heterocycles. The highest BCUT2D eigenvalue weighted by atomic mass is 16.5. The van der Waals surface area contributed by atoms with Crippen LogP contribution in [0.2, 0.25) is 0 Å². The minimum absolute atomic E-state index is 0.264. The first-order valence-corrected chi connectivity index (χ1v) is 11.4. The summed E-state index contributed by atoms with van der Waals surface area (Å²) in [5, 5.41) is 3.11. The molecule has 1 aliphatic rings. The molecular formula is C26H39N5O. The molecule has 6 nitrogen and oxygen atoms in total. The van der Waals surface area contributed by atoms with Gasteiger partial charge in [-0.2, -0.15) is 0 Å². The first kappa shape index (κ1) is 25.5. The van der Waals surface area contributed by atoms with Gasteiger partial charge in [-0.05, 0) is 75.2 Å². The fourth-order valence-electron chi connectivity index (χ4n) is 3.86. The second-order valence-corrected chi connectivity index (χ2v) is 8.12. The fraction of sp³-hybridized carbons (Fsp3) is 0.500. The Hall–Kier alpha value is -2.73. The maximum absolute atomic E-state index is 5.67. The zero-order chi connectivity index (χ0) is 23.7. The summed E-state index contributed by atoms with van der Waals surface area (Å²) in [5.74, 6) is 0.963. The lowest BCUT2D eigenvalue weighted by Gasteiger charge is -2.35. The Labute approximate surface area is 193 Å². The number of hydrogen-bond acceptors (Lipinski definition) is 6. The highest BCUT2D eigenvalue weighted by Crippen LogP contribution is 2.30. The number of rotatable bonds is 8. The smallest absolute Gasteiger partial charge is 0.130 e. The molecule has 1 aliphatic heterocycles. The van der Waals surface area contributed by atoms with Gasteiger partial charge in [-0.15, -0.1) is 0 Å². The van der Waals surface area contributed by atoms with Crippen molar-refractivity contribution in [3.63, 3.8) is 0 Å². The lowest BCUT2D eigenvalue weighted by atomic mass is 9.93. The Morgan fingerprint density at radius 1 is 1.34 bits per heavy atom. The molecule has 32 heavy (non-hydrogen) atoms. The van der Waals surface area contributed by atoms with Crippen LogP contribution in [0.3, 0.4) is 0 Å². The Morgan fingerprint density at radius 3 is 2.69 bits per heavy atom. The van der Waals surface area contributed by atoms with Gasteiger partial charge in [0, 0.05) is 39.5 Å². The van der Waals surface area contributed by atoms with Crippen molar-refractivity contribution in [2.45, 2.75) is 47.1 Å². The van der Waals surface area contributed by atoms with Crippen LogP contribution >= 0.6 is 0 Å². The largest absolute Gasteiger partial charge is 0.394 e. The molecule has 174 valence electrons. The topological polar surface area (TPSA) is 62.1 Å². The molecule has 1 aromatic heterocycles. The number of nitrogens with one attached hydrogen (secondary N) is 1. The van der Waals surface area contributed by atoms with E-state index in [-0.39, 0.29) is 6.04 Å². The number of morpholine rings is 1. The van der Waals surface area contributed by atoms with Gasteiger partial charge in [0.05, 0.1) is 30.7 Å². The van der Waals surface area contributed by atoms with E-state index in [0.29, 0.717) is 13.2 Å². The van der Waals surface area contributed by atoms with E-state index in [0.717, 1.165) is 52.5 Å². The minimum atomic E-state index is 0.264. The quantitative estimate of drug-likeness (QED) is 0.477. The van der Waals surface area contributed by atoms with Crippen LogP contribution < -0.4 is 10.2 Å². The summed E-state index contributed by atoms with van der Waals surface area (Å²) >= 11 is 0. The van der Waals surface area contributed by atoms with E-state index in [4.69, 9.17) is 14.7 Å². The molecule has 6 heteroatoms. The van der Waals surface area contributed by atoms with E-state index in [1.165, 1.54) is 5.57 Å². The molecule has 0 bridgehead atoms. The molecule has 1 saturated heterocycles. The monoisotopic (exact) mass is 437 g/mol. The van der Waals surface area contributed by atoms with Gasteiger partial charge in [0.2, 0.25) is 0 Å². The third-order valence-corrected chi connectivity index (χ3v) is 5.93. The second kappa shape index (κ2) is 12.3. The third-order valence-electron chi connectivity index (χ3n) is 5.93. The summed E-state index contributed by atoms with van der Waals surface area (Å²) in [7, 11) is 5.54. The second-order valence-electron chi connectivity index (χ2n) is 8.12. The van der Waals surface area contributed by atoms with Crippen molar-refractivity contribution in [3.05, 3.63) is 52.4 Å². The lowest BCUT2D eigenvalue weighted by molar-refractivity contribution is 0.0985.